The average Bonchev–Trinajstić information content (AvgIpc) is 2.75. The van der Waals surface area contributed by atoms with Crippen molar-refractivity contribution >= 4 is 0 Å². The third-order valence-electron chi connectivity index (χ3n) is 3.46. The minimum atomic E-state index is -1.49. The Kier molecular flexibility index (Phi) is 4.63. The molecule has 2 aromatic rings. The number of nitrogens with one attached hydrogen (secondary N) is 1. The van der Waals surface area contributed by atoms with E-state index in [9.17, 15) is 18.3 Å². The van der Waals surface area contributed by atoms with Crippen molar-refractivity contribution in [3.8, 4) is 0 Å². The Labute approximate surface area is 126 Å². The van der Waals surface area contributed by atoms with Gasteiger partial charge in [-0.25, -0.2) is 13.2 Å². The molecule has 2 rings (SSSR count). The number of rotatable bonds is 5. The minimum absolute atomic E-state index is 0.0974. The van der Waals surface area contributed by atoms with Crippen molar-refractivity contribution in [1.82, 2.24) is 5.32 Å². The molecule has 0 saturated heterocycles. The van der Waals surface area contributed by atoms with E-state index in [2.05, 4.69) is 5.32 Å². The van der Waals surface area contributed by atoms with Gasteiger partial charge < -0.3 is 14.8 Å². The molecule has 0 bridgehead atoms. The van der Waals surface area contributed by atoms with Gasteiger partial charge in [-0.15, -0.1) is 0 Å². The van der Waals surface area contributed by atoms with E-state index in [0.717, 1.165) is 12.1 Å². The standard InChI is InChI=1S/C16H18F3NO2/c1-9-4-12(10(2)22-9)16(3,21)8-20-7-11-5-13(17)15(19)14(18)6-11/h4-6,20-21H,7-8H2,1-3H3. The predicted molar refractivity (Wildman–Crippen MR) is 75.8 cm³/mol. The summed E-state index contributed by atoms with van der Waals surface area (Å²) in [4.78, 5) is 0. The normalized spacial score (nSPS) is 14.1. The molecule has 0 spiro atoms. The lowest BCUT2D eigenvalue weighted by Gasteiger charge is -2.23. The molecular formula is C16H18F3NO2. The Bertz CT molecular complexity index is 657. The van der Waals surface area contributed by atoms with Gasteiger partial charge in [0.05, 0.1) is 0 Å². The van der Waals surface area contributed by atoms with Crippen molar-refractivity contribution in [2.75, 3.05) is 6.54 Å². The summed E-state index contributed by atoms with van der Waals surface area (Å²) >= 11 is 0. The number of aliphatic hydroxyl groups is 1. The minimum Gasteiger partial charge on any atom is -0.466 e. The molecule has 0 radical (unpaired) electrons. The Morgan fingerprint density at radius 3 is 2.23 bits per heavy atom. The van der Waals surface area contributed by atoms with E-state index in [-0.39, 0.29) is 18.7 Å². The second-order valence-electron chi connectivity index (χ2n) is 5.58. The van der Waals surface area contributed by atoms with Crippen LogP contribution in [0.4, 0.5) is 13.2 Å². The SMILES string of the molecule is Cc1cc(C(C)(O)CNCc2cc(F)c(F)c(F)c2)c(C)o1. The van der Waals surface area contributed by atoms with Gasteiger partial charge in [-0.1, -0.05) is 0 Å². The van der Waals surface area contributed by atoms with E-state index in [1.807, 2.05) is 0 Å². The summed E-state index contributed by atoms with van der Waals surface area (Å²) in [5.41, 5.74) is -0.292. The number of halogens is 3. The van der Waals surface area contributed by atoms with Gasteiger partial charge in [0.2, 0.25) is 0 Å². The lowest BCUT2D eigenvalue weighted by Crippen LogP contribution is -2.35. The Hall–Kier alpha value is -1.79. The van der Waals surface area contributed by atoms with E-state index < -0.39 is 23.1 Å². The third-order valence-corrected chi connectivity index (χ3v) is 3.46. The predicted octanol–water partition coefficient (Wildman–Crippen LogP) is 3.31. The number of aryl methyl sites for hydroxylation is 2. The first-order valence-electron chi connectivity index (χ1n) is 6.85. The van der Waals surface area contributed by atoms with Crippen LogP contribution < -0.4 is 5.32 Å². The molecule has 0 amide bonds. The lowest BCUT2D eigenvalue weighted by molar-refractivity contribution is 0.0552. The van der Waals surface area contributed by atoms with Gasteiger partial charge in [-0.3, -0.25) is 0 Å². The number of hydrogen-bond acceptors (Lipinski definition) is 3. The van der Waals surface area contributed by atoms with Gasteiger partial charge in [0.1, 0.15) is 17.1 Å². The molecule has 1 unspecified atom stereocenters. The molecule has 1 atom stereocenters. The molecule has 0 fully saturated rings. The fraction of sp³-hybridized carbons (Fsp3) is 0.375. The van der Waals surface area contributed by atoms with Crippen molar-refractivity contribution in [3.63, 3.8) is 0 Å². The van der Waals surface area contributed by atoms with Crippen LogP contribution in [0.25, 0.3) is 0 Å². The highest BCUT2D eigenvalue weighted by Crippen LogP contribution is 2.26. The number of benzene rings is 1. The van der Waals surface area contributed by atoms with Gasteiger partial charge in [-0.05, 0) is 44.5 Å². The van der Waals surface area contributed by atoms with Crippen LogP contribution in [0.5, 0.6) is 0 Å². The van der Waals surface area contributed by atoms with Gasteiger partial charge >= 0.3 is 0 Å². The summed E-state index contributed by atoms with van der Waals surface area (Å²) in [5, 5.41) is 13.4. The van der Waals surface area contributed by atoms with Crippen LogP contribution in [0.15, 0.2) is 22.6 Å². The summed E-state index contributed by atoms with van der Waals surface area (Å²) < 4.78 is 44.5. The summed E-state index contributed by atoms with van der Waals surface area (Å²) in [5.74, 6) is -2.64. The highest BCUT2D eigenvalue weighted by Gasteiger charge is 2.27. The molecule has 22 heavy (non-hydrogen) atoms. The molecule has 120 valence electrons. The molecule has 0 aliphatic heterocycles. The number of furan rings is 1. The molecule has 3 nitrogen and oxygen atoms in total. The topological polar surface area (TPSA) is 45.4 Å². The van der Waals surface area contributed by atoms with Crippen molar-refractivity contribution < 1.29 is 22.7 Å². The first-order valence-corrected chi connectivity index (χ1v) is 6.85. The molecule has 0 aliphatic rings. The molecule has 6 heteroatoms. The summed E-state index contributed by atoms with van der Waals surface area (Å²) in [6, 6.07) is 3.59. The van der Waals surface area contributed by atoms with Crippen molar-refractivity contribution in [1.29, 1.82) is 0 Å². The van der Waals surface area contributed by atoms with E-state index >= 15 is 0 Å². The maximum absolute atomic E-state index is 13.1. The van der Waals surface area contributed by atoms with Crippen LogP contribution >= 0.6 is 0 Å². The largest absolute Gasteiger partial charge is 0.466 e. The van der Waals surface area contributed by atoms with Gasteiger partial charge in [0.25, 0.3) is 0 Å². The third kappa shape index (κ3) is 3.51. The first kappa shape index (κ1) is 16.6. The van der Waals surface area contributed by atoms with E-state index in [0.29, 0.717) is 17.1 Å². The fourth-order valence-electron chi connectivity index (χ4n) is 2.42. The van der Waals surface area contributed by atoms with Gasteiger partial charge in [0.15, 0.2) is 17.5 Å². The highest BCUT2D eigenvalue weighted by molar-refractivity contribution is 5.27. The average molecular weight is 313 g/mol. The van der Waals surface area contributed by atoms with Crippen LogP contribution in [-0.4, -0.2) is 11.7 Å². The first-order chi connectivity index (χ1) is 10.2. The zero-order valence-corrected chi connectivity index (χ0v) is 12.6. The Morgan fingerprint density at radius 1 is 1.14 bits per heavy atom. The maximum atomic E-state index is 13.1. The van der Waals surface area contributed by atoms with Crippen LogP contribution in [0.2, 0.25) is 0 Å². The van der Waals surface area contributed by atoms with Crippen LogP contribution in [0, 0.1) is 31.3 Å². The van der Waals surface area contributed by atoms with E-state index in [1.54, 1.807) is 26.8 Å². The van der Waals surface area contributed by atoms with Crippen molar-refractivity contribution in [3.05, 3.63) is 58.3 Å². The molecule has 1 heterocycles. The Balaban J connectivity index is 2.02. The molecule has 2 N–H and O–H groups in total. The molecule has 1 aromatic heterocycles. The molecule has 1 aromatic carbocycles. The van der Waals surface area contributed by atoms with Crippen LogP contribution in [-0.2, 0) is 12.1 Å². The molecular weight excluding hydrogens is 295 g/mol. The van der Waals surface area contributed by atoms with E-state index in [4.69, 9.17) is 4.42 Å². The van der Waals surface area contributed by atoms with Gasteiger partial charge in [0, 0.05) is 18.7 Å². The summed E-state index contributed by atoms with van der Waals surface area (Å²) in [6.45, 7) is 5.39. The van der Waals surface area contributed by atoms with Crippen molar-refractivity contribution in [2.24, 2.45) is 0 Å². The maximum Gasteiger partial charge on any atom is 0.194 e. The summed E-state index contributed by atoms with van der Waals surface area (Å²) in [6.07, 6.45) is 0. The zero-order chi connectivity index (χ0) is 16.5. The van der Waals surface area contributed by atoms with Crippen molar-refractivity contribution in [2.45, 2.75) is 32.9 Å². The lowest BCUT2D eigenvalue weighted by atomic mass is 9.96. The second kappa shape index (κ2) is 6.14. The fourth-order valence-corrected chi connectivity index (χ4v) is 2.42. The second-order valence-corrected chi connectivity index (χ2v) is 5.58. The monoisotopic (exact) mass is 313 g/mol. The summed E-state index contributed by atoms with van der Waals surface area (Å²) in [7, 11) is 0. The smallest absolute Gasteiger partial charge is 0.194 e. The van der Waals surface area contributed by atoms with Gasteiger partial charge in [-0.2, -0.15) is 0 Å². The highest BCUT2D eigenvalue weighted by atomic mass is 19.2. The van der Waals surface area contributed by atoms with Crippen LogP contribution in [0.1, 0.15) is 29.6 Å². The zero-order valence-electron chi connectivity index (χ0n) is 12.6. The van der Waals surface area contributed by atoms with E-state index in [1.165, 1.54) is 0 Å². The molecule has 0 aliphatic carbocycles. The number of hydrogen-bond donors (Lipinski definition) is 2. The van der Waals surface area contributed by atoms with Crippen LogP contribution in [0.3, 0.4) is 0 Å². The molecule has 0 saturated carbocycles. The quantitative estimate of drug-likeness (QED) is 0.833. The Morgan fingerprint density at radius 2 is 1.73 bits per heavy atom.